The van der Waals surface area contributed by atoms with Gasteiger partial charge in [-0.2, -0.15) is 0 Å². The first-order valence-electron chi connectivity index (χ1n) is 18.8. The van der Waals surface area contributed by atoms with E-state index in [0.29, 0.717) is 0 Å². The molecule has 258 valence electrons. The van der Waals surface area contributed by atoms with E-state index in [1.54, 1.807) is 0 Å². The molecule has 0 fully saturated rings. The normalized spacial score (nSPS) is 11.6. The molecule has 9 aromatic carbocycles. The standard InChI is InChI=1S/C52H34N2S/c1-2-16-42-36(12-1)13-10-24-48(42)53(40-32-28-37(29-33-40)43-20-11-21-47-46-19-5-8-25-51(46)55-52(43)47)39-30-26-35(27-31-39)38-14-9-15-41(34-38)54-49-22-6-3-17-44(49)45-18-4-7-23-50(45)54/h1-34H. The summed E-state index contributed by atoms with van der Waals surface area (Å²) in [6.45, 7) is 0. The van der Waals surface area contributed by atoms with Gasteiger partial charge in [0, 0.05) is 53.4 Å². The lowest BCUT2D eigenvalue weighted by Gasteiger charge is -2.27. The Morgan fingerprint density at radius 1 is 0.382 bits per heavy atom. The Hall–Kier alpha value is -6.94. The van der Waals surface area contributed by atoms with Crippen LogP contribution < -0.4 is 4.90 Å². The van der Waals surface area contributed by atoms with E-state index in [9.17, 15) is 0 Å². The minimum absolute atomic E-state index is 1.11. The predicted octanol–water partition coefficient (Wildman–Crippen LogP) is 15.1. The number of benzene rings is 9. The van der Waals surface area contributed by atoms with E-state index in [1.807, 2.05) is 11.3 Å². The average molecular weight is 719 g/mol. The number of para-hydroxylation sites is 2. The van der Waals surface area contributed by atoms with Gasteiger partial charge in [-0.1, -0.05) is 146 Å². The second-order valence-electron chi connectivity index (χ2n) is 14.1. The van der Waals surface area contributed by atoms with Crippen LogP contribution in [0.1, 0.15) is 0 Å². The molecule has 0 N–H and O–H groups in total. The fourth-order valence-corrected chi connectivity index (χ4v) is 9.66. The van der Waals surface area contributed by atoms with Crippen LogP contribution in [0.3, 0.4) is 0 Å². The number of aromatic nitrogens is 1. The molecule has 0 radical (unpaired) electrons. The van der Waals surface area contributed by atoms with Crippen LogP contribution in [-0.4, -0.2) is 4.57 Å². The highest BCUT2D eigenvalue weighted by Gasteiger charge is 2.18. The number of fused-ring (bicyclic) bond motifs is 7. The summed E-state index contributed by atoms with van der Waals surface area (Å²) in [4.78, 5) is 2.39. The van der Waals surface area contributed by atoms with Gasteiger partial charge in [0.1, 0.15) is 0 Å². The van der Waals surface area contributed by atoms with Crippen molar-refractivity contribution in [1.82, 2.24) is 4.57 Å². The smallest absolute Gasteiger partial charge is 0.0541 e. The molecule has 0 spiro atoms. The quantitative estimate of drug-likeness (QED) is 0.166. The molecule has 0 bridgehead atoms. The molecule has 2 aromatic heterocycles. The molecule has 0 aliphatic heterocycles. The number of hydrogen-bond donors (Lipinski definition) is 0. The van der Waals surface area contributed by atoms with Crippen molar-refractivity contribution in [3.63, 3.8) is 0 Å². The minimum Gasteiger partial charge on any atom is -0.310 e. The summed E-state index contributed by atoms with van der Waals surface area (Å²) in [5.74, 6) is 0. The maximum Gasteiger partial charge on any atom is 0.0541 e. The first-order chi connectivity index (χ1) is 27.3. The highest BCUT2D eigenvalue weighted by Crippen LogP contribution is 2.43. The lowest BCUT2D eigenvalue weighted by Crippen LogP contribution is -2.10. The fraction of sp³-hybridized carbons (Fsp3) is 0. The lowest BCUT2D eigenvalue weighted by molar-refractivity contribution is 1.18. The highest BCUT2D eigenvalue weighted by atomic mass is 32.1. The minimum atomic E-state index is 1.11. The summed E-state index contributed by atoms with van der Waals surface area (Å²) in [6, 6.07) is 75.1. The SMILES string of the molecule is c1cc(-c2ccc(N(c3ccc(-c4cccc5c4sc4ccccc45)cc3)c3cccc4ccccc34)cc2)cc(-n2c3ccccc3c3ccccc32)c1. The number of thiophene rings is 1. The Morgan fingerprint density at radius 2 is 0.945 bits per heavy atom. The topological polar surface area (TPSA) is 8.17 Å². The summed E-state index contributed by atoms with van der Waals surface area (Å²) < 4.78 is 5.04. The zero-order chi connectivity index (χ0) is 36.3. The molecule has 2 heterocycles. The largest absolute Gasteiger partial charge is 0.310 e. The Bertz CT molecular complexity index is 3150. The molecular weight excluding hydrogens is 685 g/mol. The molecule has 3 heteroatoms. The van der Waals surface area contributed by atoms with Gasteiger partial charge >= 0.3 is 0 Å². The van der Waals surface area contributed by atoms with Crippen molar-refractivity contribution in [1.29, 1.82) is 0 Å². The monoisotopic (exact) mass is 718 g/mol. The Balaban J connectivity index is 0.999. The van der Waals surface area contributed by atoms with Gasteiger partial charge in [-0.05, 0) is 88.3 Å². The van der Waals surface area contributed by atoms with Crippen LogP contribution in [0.15, 0.2) is 206 Å². The molecule has 0 saturated carbocycles. The van der Waals surface area contributed by atoms with E-state index in [2.05, 4.69) is 216 Å². The maximum atomic E-state index is 2.39. The molecule has 0 saturated heterocycles. The molecule has 0 aliphatic carbocycles. The van der Waals surface area contributed by atoms with E-state index < -0.39 is 0 Å². The van der Waals surface area contributed by atoms with Gasteiger partial charge in [-0.25, -0.2) is 0 Å². The summed E-state index contributed by atoms with van der Waals surface area (Å²) in [7, 11) is 0. The second-order valence-corrected chi connectivity index (χ2v) is 15.2. The fourth-order valence-electron chi connectivity index (χ4n) is 8.42. The lowest BCUT2D eigenvalue weighted by atomic mass is 10.0. The predicted molar refractivity (Wildman–Crippen MR) is 237 cm³/mol. The van der Waals surface area contributed by atoms with Crippen molar-refractivity contribution in [2.45, 2.75) is 0 Å². The molecule has 11 aromatic rings. The van der Waals surface area contributed by atoms with Crippen LogP contribution in [0, 0.1) is 0 Å². The van der Waals surface area contributed by atoms with Gasteiger partial charge in [0.15, 0.2) is 0 Å². The van der Waals surface area contributed by atoms with E-state index in [-0.39, 0.29) is 0 Å². The summed E-state index contributed by atoms with van der Waals surface area (Å²) in [5.41, 5.74) is 11.8. The number of nitrogens with zero attached hydrogens (tertiary/aromatic N) is 2. The van der Waals surface area contributed by atoms with Gasteiger partial charge in [-0.15, -0.1) is 11.3 Å². The van der Waals surface area contributed by atoms with Gasteiger partial charge in [0.2, 0.25) is 0 Å². The van der Waals surface area contributed by atoms with Crippen molar-refractivity contribution in [3.05, 3.63) is 206 Å². The van der Waals surface area contributed by atoms with Crippen molar-refractivity contribution in [2.75, 3.05) is 4.90 Å². The van der Waals surface area contributed by atoms with Crippen LogP contribution in [0.4, 0.5) is 17.1 Å². The maximum absolute atomic E-state index is 2.39. The van der Waals surface area contributed by atoms with Crippen LogP contribution in [0.5, 0.6) is 0 Å². The number of rotatable bonds is 6. The van der Waals surface area contributed by atoms with E-state index >= 15 is 0 Å². The second kappa shape index (κ2) is 12.9. The van der Waals surface area contributed by atoms with Gasteiger partial charge in [-0.3, -0.25) is 0 Å². The van der Waals surface area contributed by atoms with Gasteiger partial charge < -0.3 is 9.47 Å². The number of anilines is 3. The molecule has 0 aliphatic rings. The third kappa shape index (κ3) is 5.24. The summed E-state index contributed by atoms with van der Waals surface area (Å²) in [5, 5.41) is 7.62. The van der Waals surface area contributed by atoms with Crippen LogP contribution in [-0.2, 0) is 0 Å². The number of hydrogen-bond acceptors (Lipinski definition) is 2. The van der Waals surface area contributed by atoms with Crippen LogP contribution in [0.25, 0.3) is 80.7 Å². The zero-order valence-electron chi connectivity index (χ0n) is 29.9. The molecule has 0 atom stereocenters. The molecule has 0 unspecified atom stereocenters. The van der Waals surface area contributed by atoms with E-state index in [0.717, 1.165) is 22.7 Å². The highest BCUT2D eigenvalue weighted by molar-refractivity contribution is 7.26. The Kier molecular flexibility index (Phi) is 7.39. The van der Waals surface area contributed by atoms with E-state index in [4.69, 9.17) is 0 Å². The van der Waals surface area contributed by atoms with Gasteiger partial charge in [0.25, 0.3) is 0 Å². The summed E-state index contributed by atoms with van der Waals surface area (Å²) >= 11 is 1.88. The van der Waals surface area contributed by atoms with Crippen molar-refractivity contribution in [3.8, 4) is 27.9 Å². The third-order valence-corrected chi connectivity index (χ3v) is 12.2. The zero-order valence-corrected chi connectivity index (χ0v) is 30.7. The Morgan fingerprint density at radius 3 is 1.69 bits per heavy atom. The van der Waals surface area contributed by atoms with E-state index in [1.165, 1.54) is 75.0 Å². The average Bonchev–Trinajstić information content (AvgIpc) is 3.81. The molecule has 55 heavy (non-hydrogen) atoms. The summed E-state index contributed by atoms with van der Waals surface area (Å²) in [6.07, 6.45) is 0. The first-order valence-corrected chi connectivity index (χ1v) is 19.6. The third-order valence-electron chi connectivity index (χ3n) is 11.0. The molecule has 0 amide bonds. The van der Waals surface area contributed by atoms with Gasteiger partial charge in [0.05, 0.1) is 16.7 Å². The van der Waals surface area contributed by atoms with Crippen molar-refractivity contribution >= 4 is 81.1 Å². The van der Waals surface area contributed by atoms with Crippen LogP contribution in [0.2, 0.25) is 0 Å². The Labute approximate surface area is 323 Å². The van der Waals surface area contributed by atoms with Crippen molar-refractivity contribution in [2.24, 2.45) is 0 Å². The van der Waals surface area contributed by atoms with Crippen molar-refractivity contribution < 1.29 is 0 Å². The first kappa shape index (κ1) is 31.6. The molecular formula is C52H34N2S. The molecule has 11 rings (SSSR count). The van der Waals surface area contributed by atoms with Crippen LogP contribution >= 0.6 is 11.3 Å². The molecule has 2 nitrogen and oxygen atoms in total.